The van der Waals surface area contributed by atoms with E-state index >= 15 is 0 Å². The lowest BCUT2D eigenvalue weighted by atomic mass is 10.4. The van der Waals surface area contributed by atoms with Gasteiger partial charge in [0.25, 0.3) is 0 Å². The molecule has 2 rings (SSSR count). The molecule has 2 N–H and O–H groups in total. The van der Waals surface area contributed by atoms with Crippen LogP contribution in [0, 0.1) is 0 Å². The number of H-pyrrole nitrogens is 1. The van der Waals surface area contributed by atoms with Crippen molar-refractivity contribution in [2.75, 3.05) is 32.5 Å². The number of rotatable bonds is 5. The fourth-order valence-electron chi connectivity index (χ4n) is 1.50. The number of fused-ring (bicyclic) bond motifs is 1. The molecule has 0 saturated heterocycles. The summed E-state index contributed by atoms with van der Waals surface area (Å²) < 4.78 is 0. The number of aromatic nitrogens is 4. The first-order valence-corrected chi connectivity index (χ1v) is 5.30. The van der Waals surface area contributed by atoms with E-state index in [2.05, 4.69) is 44.2 Å². The van der Waals surface area contributed by atoms with Gasteiger partial charge in [-0.05, 0) is 27.1 Å². The molecule has 0 radical (unpaired) electrons. The van der Waals surface area contributed by atoms with Crippen LogP contribution >= 0.6 is 0 Å². The zero-order valence-corrected chi connectivity index (χ0v) is 9.56. The van der Waals surface area contributed by atoms with Crippen LogP contribution in [0.2, 0.25) is 0 Å². The zero-order chi connectivity index (χ0) is 11.4. The Bertz CT molecular complexity index is 449. The van der Waals surface area contributed by atoms with Gasteiger partial charge in [0.15, 0.2) is 11.5 Å². The van der Waals surface area contributed by atoms with Gasteiger partial charge in [-0.2, -0.15) is 0 Å². The quantitative estimate of drug-likeness (QED) is 0.726. The van der Waals surface area contributed by atoms with Crippen molar-refractivity contribution >= 4 is 17.0 Å². The maximum atomic E-state index is 4.19. The summed E-state index contributed by atoms with van der Waals surface area (Å²) >= 11 is 0. The third kappa shape index (κ3) is 2.46. The predicted octanol–water partition coefficient (Wildman–Crippen LogP) is 0.716. The number of anilines is 1. The second-order valence-electron chi connectivity index (χ2n) is 3.91. The molecule has 86 valence electrons. The summed E-state index contributed by atoms with van der Waals surface area (Å²) in [5.41, 5.74) is 1.57. The van der Waals surface area contributed by atoms with Gasteiger partial charge in [-0.25, -0.2) is 15.0 Å². The topological polar surface area (TPSA) is 69.7 Å². The molecular formula is C10H16N6. The molecule has 0 aliphatic carbocycles. The third-order valence-electron chi connectivity index (χ3n) is 2.30. The Labute approximate surface area is 94.1 Å². The van der Waals surface area contributed by atoms with Crippen LogP contribution in [0.25, 0.3) is 11.2 Å². The van der Waals surface area contributed by atoms with Crippen molar-refractivity contribution in [3.05, 3.63) is 12.7 Å². The predicted molar refractivity (Wildman–Crippen MR) is 63.3 cm³/mol. The fraction of sp³-hybridized carbons (Fsp3) is 0.500. The van der Waals surface area contributed by atoms with Gasteiger partial charge in [-0.15, -0.1) is 0 Å². The number of hydrogen-bond donors (Lipinski definition) is 2. The molecule has 2 aromatic rings. The highest BCUT2D eigenvalue weighted by molar-refractivity contribution is 5.81. The zero-order valence-electron chi connectivity index (χ0n) is 9.56. The largest absolute Gasteiger partial charge is 0.368 e. The Morgan fingerprint density at radius 2 is 2.19 bits per heavy atom. The summed E-state index contributed by atoms with van der Waals surface area (Å²) in [6, 6.07) is 0. The van der Waals surface area contributed by atoms with Gasteiger partial charge < -0.3 is 15.2 Å². The molecule has 0 amide bonds. The molecule has 6 heteroatoms. The van der Waals surface area contributed by atoms with E-state index in [4.69, 9.17) is 0 Å². The van der Waals surface area contributed by atoms with Gasteiger partial charge in [0.05, 0.1) is 6.33 Å². The van der Waals surface area contributed by atoms with Gasteiger partial charge in [0, 0.05) is 6.54 Å². The van der Waals surface area contributed by atoms with E-state index in [-0.39, 0.29) is 0 Å². The van der Waals surface area contributed by atoms with Gasteiger partial charge in [-0.3, -0.25) is 0 Å². The lowest BCUT2D eigenvalue weighted by molar-refractivity contribution is 0.405. The molecule has 0 aliphatic heterocycles. The Morgan fingerprint density at radius 1 is 1.31 bits per heavy atom. The van der Waals surface area contributed by atoms with E-state index in [9.17, 15) is 0 Å². The van der Waals surface area contributed by atoms with Crippen LogP contribution in [0.3, 0.4) is 0 Å². The van der Waals surface area contributed by atoms with Crippen LogP contribution in [0.5, 0.6) is 0 Å². The van der Waals surface area contributed by atoms with Crippen molar-refractivity contribution in [2.45, 2.75) is 6.42 Å². The SMILES string of the molecule is CN(C)CCCNc1ncnc2nc[nH]c12. The smallest absolute Gasteiger partial charge is 0.182 e. The lowest BCUT2D eigenvalue weighted by Gasteiger charge is -2.10. The van der Waals surface area contributed by atoms with E-state index in [1.807, 2.05) is 0 Å². The minimum absolute atomic E-state index is 0.699. The monoisotopic (exact) mass is 220 g/mol. The number of hydrogen-bond acceptors (Lipinski definition) is 5. The molecule has 2 aromatic heterocycles. The summed E-state index contributed by atoms with van der Waals surface area (Å²) in [5.74, 6) is 0.821. The number of nitrogens with zero attached hydrogens (tertiary/aromatic N) is 4. The highest BCUT2D eigenvalue weighted by Gasteiger charge is 2.04. The molecule has 6 nitrogen and oxygen atoms in total. The first-order chi connectivity index (χ1) is 7.77. The van der Waals surface area contributed by atoms with E-state index in [0.29, 0.717) is 5.65 Å². The molecule has 0 bridgehead atoms. The van der Waals surface area contributed by atoms with Crippen LogP contribution in [-0.4, -0.2) is 52.0 Å². The number of aromatic amines is 1. The minimum atomic E-state index is 0.699. The van der Waals surface area contributed by atoms with Crippen LogP contribution in [0.4, 0.5) is 5.82 Å². The molecule has 0 spiro atoms. The second kappa shape index (κ2) is 4.89. The van der Waals surface area contributed by atoms with E-state index in [1.165, 1.54) is 6.33 Å². The first kappa shape index (κ1) is 10.8. The Hall–Kier alpha value is -1.69. The van der Waals surface area contributed by atoms with Crippen molar-refractivity contribution in [2.24, 2.45) is 0 Å². The highest BCUT2D eigenvalue weighted by Crippen LogP contribution is 2.13. The van der Waals surface area contributed by atoms with Crippen LogP contribution in [0.1, 0.15) is 6.42 Å². The van der Waals surface area contributed by atoms with E-state index in [1.54, 1.807) is 6.33 Å². The van der Waals surface area contributed by atoms with Gasteiger partial charge in [0.1, 0.15) is 11.8 Å². The molecule has 0 fully saturated rings. The van der Waals surface area contributed by atoms with Crippen molar-refractivity contribution in [3.8, 4) is 0 Å². The summed E-state index contributed by atoms with van der Waals surface area (Å²) in [6.07, 6.45) is 4.23. The first-order valence-electron chi connectivity index (χ1n) is 5.30. The lowest BCUT2D eigenvalue weighted by Crippen LogP contribution is -2.16. The van der Waals surface area contributed by atoms with Gasteiger partial charge in [0.2, 0.25) is 0 Å². The molecule has 2 heterocycles. The molecule has 0 atom stereocenters. The van der Waals surface area contributed by atoms with Crippen molar-refractivity contribution in [1.82, 2.24) is 24.8 Å². The van der Waals surface area contributed by atoms with Gasteiger partial charge >= 0.3 is 0 Å². The maximum Gasteiger partial charge on any atom is 0.182 e. The maximum absolute atomic E-state index is 4.19. The Morgan fingerprint density at radius 3 is 3.00 bits per heavy atom. The summed E-state index contributed by atoms with van der Waals surface area (Å²) in [5, 5.41) is 3.28. The van der Waals surface area contributed by atoms with Crippen LogP contribution in [-0.2, 0) is 0 Å². The van der Waals surface area contributed by atoms with Crippen LogP contribution < -0.4 is 5.32 Å². The summed E-state index contributed by atoms with van der Waals surface area (Å²) in [4.78, 5) is 17.5. The van der Waals surface area contributed by atoms with Crippen molar-refractivity contribution in [3.63, 3.8) is 0 Å². The molecule has 0 aromatic carbocycles. The molecule has 0 unspecified atom stereocenters. The standard InChI is InChI=1S/C10H16N6/c1-16(2)5-3-4-11-9-8-10(13-6-12-8)15-7-14-9/h6-7H,3-5H2,1-2H3,(H2,11,12,13,14,15). The molecule has 0 aliphatic rings. The summed E-state index contributed by atoms with van der Waals surface area (Å²) in [6.45, 7) is 1.95. The van der Waals surface area contributed by atoms with Crippen molar-refractivity contribution < 1.29 is 0 Å². The van der Waals surface area contributed by atoms with Crippen LogP contribution in [0.15, 0.2) is 12.7 Å². The van der Waals surface area contributed by atoms with E-state index < -0.39 is 0 Å². The molecule has 0 saturated carbocycles. The van der Waals surface area contributed by atoms with E-state index in [0.717, 1.165) is 30.8 Å². The molecule has 16 heavy (non-hydrogen) atoms. The Balaban J connectivity index is 1.96. The summed E-state index contributed by atoms with van der Waals surface area (Å²) in [7, 11) is 4.13. The number of nitrogens with one attached hydrogen (secondary N) is 2. The second-order valence-corrected chi connectivity index (χ2v) is 3.91. The Kier molecular flexibility index (Phi) is 3.31. The minimum Gasteiger partial charge on any atom is -0.368 e. The van der Waals surface area contributed by atoms with Crippen molar-refractivity contribution in [1.29, 1.82) is 0 Å². The number of imidazole rings is 1. The average molecular weight is 220 g/mol. The highest BCUT2D eigenvalue weighted by atomic mass is 15.1. The third-order valence-corrected chi connectivity index (χ3v) is 2.30. The van der Waals surface area contributed by atoms with Gasteiger partial charge in [-0.1, -0.05) is 0 Å². The molecular weight excluding hydrogens is 204 g/mol. The normalized spacial score (nSPS) is 11.2. The fourth-order valence-corrected chi connectivity index (χ4v) is 1.50. The average Bonchev–Trinajstić information content (AvgIpc) is 2.72.